The number of nitriles is 1. The SMILES string of the molecule is CN(CC1CC2CCC1C2)c1ccc(C=O)cc1C#N. The molecule has 2 aliphatic rings. The zero-order chi connectivity index (χ0) is 14.1. The highest BCUT2D eigenvalue weighted by Crippen LogP contribution is 2.48. The van der Waals surface area contributed by atoms with E-state index in [9.17, 15) is 10.1 Å². The number of anilines is 1. The van der Waals surface area contributed by atoms with Gasteiger partial charge in [0.15, 0.2) is 0 Å². The first-order chi connectivity index (χ1) is 9.71. The standard InChI is InChI=1S/C17H20N2O/c1-19(10-16-7-12-2-4-14(16)6-12)17-5-3-13(11-20)8-15(17)9-18/h3,5,8,11-12,14,16H,2,4,6-7,10H2,1H3. The molecule has 0 saturated heterocycles. The largest absolute Gasteiger partial charge is 0.373 e. The Morgan fingerprint density at radius 2 is 2.25 bits per heavy atom. The maximum absolute atomic E-state index is 10.8. The highest BCUT2D eigenvalue weighted by atomic mass is 16.1. The molecule has 3 heteroatoms. The number of benzene rings is 1. The maximum atomic E-state index is 10.8. The van der Waals surface area contributed by atoms with Gasteiger partial charge in [-0.05, 0) is 55.2 Å². The van der Waals surface area contributed by atoms with Crippen LogP contribution in [0.15, 0.2) is 18.2 Å². The van der Waals surface area contributed by atoms with E-state index in [2.05, 4.69) is 18.0 Å². The monoisotopic (exact) mass is 268 g/mol. The number of carbonyl (C=O) groups excluding carboxylic acids is 1. The van der Waals surface area contributed by atoms with E-state index >= 15 is 0 Å². The molecular formula is C17H20N2O. The third-order valence-electron chi connectivity index (χ3n) is 5.08. The lowest BCUT2D eigenvalue weighted by atomic mass is 9.88. The Morgan fingerprint density at radius 3 is 2.85 bits per heavy atom. The molecule has 0 radical (unpaired) electrons. The van der Waals surface area contributed by atoms with E-state index in [0.717, 1.165) is 36.3 Å². The molecule has 2 saturated carbocycles. The molecule has 2 fully saturated rings. The Balaban J connectivity index is 1.75. The molecule has 0 N–H and O–H groups in total. The van der Waals surface area contributed by atoms with E-state index in [-0.39, 0.29) is 0 Å². The van der Waals surface area contributed by atoms with Crippen LogP contribution in [0.4, 0.5) is 5.69 Å². The number of fused-ring (bicyclic) bond motifs is 2. The molecule has 3 unspecified atom stereocenters. The average Bonchev–Trinajstić information content (AvgIpc) is 3.09. The van der Waals surface area contributed by atoms with Crippen LogP contribution in [0.3, 0.4) is 0 Å². The lowest BCUT2D eigenvalue weighted by Gasteiger charge is -2.29. The van der Waals surface area contributed by atoms with Crippen LogP contribution in [-0.2, 0) is 0 Å². The Morgan fingerprint density at radius 1 is 1.40 bits per heavy atom. The molecule has 0 heterocycles. The van der Waals surface area contributed by atoms with Crippen molar-refractivity contribution in [1.29, 1.82) is 5.26 Å². The quantitative estimate of drug-likeness (QED) is 0.787. The molecule has 3 atom stereocenters. The van der Waals surface area contributed by atoms with E-state index in [1.165, 1.54) is 25.7 Å². The van der Waals surface area contributed by atoms with Crippen LogP contribution in [0.25, 0.3) is 0 Å². The second-order valence-corrected chi connectivity index (χ2v) is 6.32. The summed E-state index contributed by atoms with van der Waals surface area (Å²) in [5, 5.41) is 9.26. The molecule has 0 aromatic heterocycles. The lowest BCUT2D eigenvalue weighted by molar-refractivity contribution is 0.112. The highest BCUT2D eigenvalue weighted by molar-refractivity contribution is 5.78. The van der Waals surface area contributed by atoms with E-state index in [4.69, 9.17) is 0 Å². The summed E-state index contributed by atoms with van der Waals surface area (Å²) < 4.78 is 0. The van der Waals surface area contributed by atoms with Gasteiger partial charge in [0.25, 0.3) is 0 Å². The van der Waals surface area contributed by atoms with Gasteiger partial charge in [-0.15, -0.1) is 0 Å². The molecule has 3 nitrogen and oxygen atoms in total. The minimum absolute atomic E-state index is 0.568. The van der Waals surface area contributed by atoms with Crippen LogP contribution >= 0.6 is 0 Å². The summed E-state index contributed by atoms with van der Waals surface area (Å²) in [6.45, 7) is 1.02. The van der Waals surface area contributed by atoms with Crippen LogP contribution in [0, 0.1) is 29.1 Å². The zero-order valence-electron chi connectivity index (χ0n) is 11.9. The number of rotatable bonds is 4. The second kappa shape index (κ2) is 5.28. The van der Waals surface area contributed by atoms with Crippen LogP contribution in [0.5, 0.6) is 0 Å². The van der Waals surface area contributed by atoms with Crippen molar-refractivity contribution < 1.29 is 4.79 Å². The number of nitrogens with zero attached hydrogens (tertiary/aromatic N) is 2. The highest BCUT2D eigenvalue weighted by Gasteiger charge is 2.39. The van der Waals surface area contributed by atoms with Gasteiger partial charge >= 0.3 is 0 Å². The Kier molecular flexibility index (Phi) is 3.48. The summed E-state index contributed by atoms with van der Waals surface area (Å²) in [5.41, 5.74) is 2.11. The summed E-state index contributed by atoms with van der Waals surface area (Å²) in [4.78, 5) is 13.0. The van der Waals surface area contributed by atoms with E-state index < -0.39 is 0 Å². The third kappa shape index (κ3) is 2.31. The van der Waals surface area contributed by atoms with E-state index in [0.29, 0.717) is 11.1 Å². The van der Waals surface area contributed by atoms with Crippen molar-refractivity contribution in [1.82, 2.24) is 0 Å². The van der Waals surface area contributed by atoms with Crippen molar-refractivity contribution in [2.45, 2.75) is 25.7 Å². The maximum Gasteiger partial charge on any atom is 0.150 e. The molecular weight excluding hydrogens is 248 g/mol. The molecule has 20 heavy (non-hydrogen) atoms. The van der Waals surface area contributed by atoms with Crippen molar-refractivity contribution in [3.8, 4) is 6.07 Å². The van der Waals surface area contributed by atoms with Gasteiger partial charge in [-0.25, -0.2) is 0 Å². The van der Waals surface area contributed by atoms with Gasteiger partial charge in [0.1, 0.15) is 12.4 Å². The lowest BCUT2D eigenvalue weighted by Crippen LogP contribution is -2.29. The minimum Gasteiger partial charge on any atom is -0.373 e. The van der Waals surface area contributed by atoms with Gasteiger partial charge < -0.3 is 4.90 Å². The van der Waals surface area contributed by atoms with Crippen molar-refractivity contribution in [3.63, 3.8) is 0 Å². The van der Waals surface area contributed by atoms with E-state index in [1.54, 1.807) is 12.1 Å². The predicted octanol–water partition coefficient (Wildman–Crippen LogP) is 3.24. The van der Waals surface area contributed by atoms with Gasteiger partial charge in [0.2, 0.25) is 0 Å². The molecule has 2 aliphatic carbocycles. The first-order valence-electron chi connectivity index (χ1n) is 7.41. The number of hydrogen-bond acceptors (Lipinski definition) is 3. The van der Waals surface area contributed by atoms with Crippen molar-refractivity contribution >= 4 is 12.0 Å². The van der Waals surface area contributed by atoms with Crippen molar-refractivity contribution in [3.05, 3.63) is 29.3 Å². The fourth-order valence-corrected chi connectivity index (χ4v) is 4.10. The van der Waals surface area contributed by atoms with Crippen molar-refractivity contribution in [2.75, 3.05) is 18.5 Å². The number of hydrogen-bond donors (Lipinski definition) is 0. The van der Waals surface area contributed by atoms with Crippen LogP contribution in [0.2, 0.25) is 0 Å². The van der Waals surface area contributed by atoms with Gasteiger partial charge in [-0.1, -0.05) is 6.42 Å². The van der Waals surface area contributed by atoms with Crippen LogP contribution in [-0.4, -0.2) is 19.9 Å². The number of carbonyl (C=O) groups is 1. The molecule has 0 amide bonds. The molecule has 3 rings (SSSR count). The third-order valence-corrected chi connectivity index (χ3v) is 5.08. The molecule has 104 valence electrons. The fraction of sp³-hybridized carbons (Fsp3) is 0.529. The Bertz CT molecular complexity index is 561. The van der Waals surface area contributed by atoms with Gasteiger partial charge in [0.05, 0.1) is 11.3 Å². The summed E-state index contributed by atoms with van der Waals surface area (Å²) in [6.07, 6.45) is 6.36. The minimum atomic E-state index is 0.568. The van der Waals surface area contributed by atoms with Gasteiger partial charge in [0, 0.05) is 19.2 Å². The summed E-state index contributed by atoms with van der Waals surface area (Å²) in [7, 11) is 2.06. The smallest absolute Gasteiger partial charge is 0.150 e. The van der Waals surface area contributed by atoms with Crippen molar-refractivity contribution in [2.24, 2.45) is 17.8 Å². The topological polar surface area (TPSA) is 44.1 Å². The van der Waals surface area contributed by atoms with Gasteiger partial charge in [-0.2, -0.15) is 5.26 Å². The van der Waals surface area contributed by atoms with Gasteiger partial charge in [-0.3, -0.25) is 4.79 Å². The summed E-state index contributed by atoms with van der Waals surface area (Å²) >= 11 is 0. The average molecular weight is 268 g/mol. The molecule has 1 aromatic carbocycles. The molecule has 0 spiro atoms. The molecule has 2 bridgehead atoms. The Labute approximate surface area is 120 Å². The summed E-state index contributed by atoms with van der Waals surface area (Å²) in [5.74, 6) is 2.62. The normalized spacial score (nSPS) is 27.3. The first-order valence-corrected chi connectivity index (χ1v) is 7.41. The second-order valence-electron chi connectivity index (χ2n) is 6.32. The molecule has 0 aliphatic heterocycles. The Hall–Kier alpha value is -1.82. The van der Waals surface area contributed by atoms with Crippen LogP contribution < -0.4 is 4.90 Å². The van der Waals surface area contributed by atoms with E-state index in [1.807, 2.05) is 6.07 Å². The molecule has 1 aromatic rings. The predicted molar refractivity (Wildman–Crippen MR) is 78.8 cm³/mol. The number of aldehydes is 1. The fourth-order valence-electron chi connectivity index (χ4n) is 4.10. The first kappa shape index (κ1) is 13.2. The summed E-state index contributed by atoms with van der Waals surface area (Å²) in [6, 6.07) is 7.58. The zero-order valence-corrected chi connectivity index (χ0v) is 11.9. The van der Waals surface area contributed by atoms with Crippen LogP contribution in [0.1, 0.15) is 41.6 Å².